The van der Waals surface area contributed by atoms with Crippen LogP contribution in [0.1, 0.15) is 99.7 Å². The van der Waals surface area contributed by atoms with Crippen LogP contribution in [0.4, 0.5) is 0 Å². The van der Waals surface area contributed by atoms with E-state index in [1.165, 1.54) is 77.5 Å². The van der Waals surface area contributed by atoms with Gasteiger partial charge >= 0.3 is 11.9 Å². The smallest absolute Gasteiger partial charge is 0.336 e. The topological polar surface area (TPSA) is 118 Å². The number of carbonyl (C=O) groups is 3. The van der Waals surface area contributed by atoms with Gasteiger partial charge in [-0.15, -0.1) is 0 Å². The quantitative estimate of drug-likeness (QED) is 0.353. The van der Waals surface area contributed by atoms with E-state index >= 15 is 0 Å². The zero-order valence-corrected chi connectivity index (χ0v) is 19.9. The SMILES string of the molecule is C(=NC1CCCCC1)=NC1CCCCC1.CC(CC=O)C(=O)O.CC1N=COC1=O.[2H]CC. The lowest BCUT2D eigenvalue weighted by Gasteiger charge is -2.17. The summed E-state index contributed by atoms with van der Waals surface area (Å²) in [6, 6.07) is 3.76. The largest absolute Gasteiger partial charge is 0.481 e. The summed E-state index contributed by atoms with van der Waals surface area (Å²) in [5.41, 5.74) is 0. The maximum absolute atomic E-state index is 10.2. The summed E-state index contributed by atoms with van der Waals surface area (Å²) in [6.45, 7) is 5.47. The zero-order valence-electron chi connectivity index (χ0n) is 20.9. The third-order valence-electron chi connectivity index (χ3n) is 5.30. The molecule has 182 valence electrons. The Kier molecular flexibility index (Phi) is 16.7. The molecular weight excluding hydrogens is 410 g/mol. The first-order valence-corrected chi connectivity index (χ1v) is 11.7. The number of hydrogen-bond donors (Lipinski definition) is 1. The molecule has 1 aliphatic heterocycles. The average Bonchev–Trinajstić information content (AvgIpc) is 3.19. The molecule has 32 heavy (non-hydrogen) atoms. The second-order valence-corrected chi connectivity index (χ2v) is 7.95. The van der Waals surface area contributed by atoms with E-state index in [0.717, 1.165) is 0 Å². The van der Waals surface area contributed by atoms with Crippen LogP contribution >= 0.6 is 0 Å². The minimum atomic E-state index is -0.919. The van der Waals surface area contributed by atoms with Crippen LogP contribution in [-0.4, -0.2) is 53.9 Å². The molecule has 2 fully saturated rings. The first-order chi connectivity index (χ1) is 15.8. The number of nitrogens with zero attached hydrogens (tertiary/aromatic N) is 3. The lowest BCUT2D eigenvalue weighted by atomic mass is 9.96. The molecule has 0 aromatic rings. The molecule has 1 N–H and O–H groups in total. The number of hydrogen-bond acceptors (Lipinski definition) is 7. The number of aliphatic imine (C=N–C) groups is 3. The number of aliphatic carboxylic acids is 1. The molecule has 2 saturated carbocycles. The van der Waals surface area contributed by atoms with E-state index in [1.807, 2.05) is 0 Å². The highest BCUT2D eigenvalue weighted by Crippen LogP contribution is 2.21. The third-order valence-corrected chi connectivity index (χ3v) is 5.30. The van der Waals surface area contributed by atoms with Gasteiger partial charge in [-0.3, -0.25) is 4.79 Å². The Labute approximate surface area is 194 Å². The molecule has 0 amide bonds. The van der Waals surface area contributed by atoms with E-state index in [4.69, 9.17) is 6.48 Å². The van der Waals surface area contributed by atoms with Gasteiger partial charge in [0.2, 0.25) is 0 Å². The normalized spacial score (nSPS) is 21.4. The number of carboxylic acid groups (broad SMARTS) is 1. The predicted octanol–water partition coefficient (Wildman–Crippen LogP) is 5.11. The van der Waals surface area contributed by atoms with Crippen LogP contribution in [0.15, 0.2) is 15.0 Å². The van der Waals surface area contributed by atoms with Crippen LogP contribution in [0.5, 0.6) is 0 Å². The van der Waals surface area contributed by atoms with Gasteiger partial charge in [0.1, 0.15) is 12.3 Å². The first kappa shape index (κ1) is 27.7. The van der Waals surface area contributed by atoms with Gasteiger partial charge in [-0.1, -0.05) is 59.3 Å². The lowest BCUT2D eigenvalue weighted by Crippen LogP contribution is -2.10. The van der Waals surface area contributed by atoms with Crippen molar-refractivity contribution >= 4 is 30.6 Å². The molecule has 2 atom stereocenters. The molecule has 0 spiro atoms. The highest BCUT2D eigenvalue weighted by atomic mass is 16.5. The van der Waals surface area contributed by atoms with E-state index in [0.29, 0.717) is 25.3 Å². The summed E-state index contributed by atoms with van der Waals surface area (Å²) in [6.07, 6.45) is 15.1. The Hall–Kier alpha value is -2.34. The molecule has 0 saturated heterocycles. The predicted molar refractivity (Wildman–Crippen MR) is 126 cm³/mol. The van der Waals surface area contributed by atoms with Crippen molar-refractivity contribution in [3.05, 3.63) is 0 Å². The van der Waals surface area contributed by atoms with Crippen LogP contribution in [-0.2, 0) is 19.1 Å². The third kappa shape index (κ3) is 14.6. The van der Waals surface area contributed by atoms with E-state index in [9.17, 15) is 14.4 Å². The molecule has 3 aliphatic rings. The zero-order chi connectivity index (χ0) is 24.9. The van der Waals surface area contributed by atoms with E-state index < -0.39 is 11.9 Å². The maximum atomic E-state index is 10.2. The minimum Gasteiger partial charge on any atom is -0.481 e. The van der Waals surface area contributed by atoms with Gasteiger partial charge in [0.25, 0.3) is 0 Å². The van der Waals surface area contributed by atoms with E-state index in [-0.39, 0.29) is 18.4 Å². The summed E-state index contributed by atoms with van der Waals surface area (Å²) in [4.78, 5) is 42.4. The molecule has 0 radical (unpaired) electrons. The number of ether oxygens (including phenoxy) is 1. The van der Waals surface area contributed by atoms with E-state index in [2.05, 4.69) is 25.7 Å². The van der Waals surface area contributed by atoms with Crippen molar-refractivity contribution in [3.8, 4) is 0 Å². The summed E-state index contributed by atoms with van der Waals surface area (Å²) >= 11 is 0. The first-order valence-electron chi connectivity index (χ1n) is 12.4. The van der Waals surface area contributed by atoms with Crippen LogP contribution in [0.25, 0.3) is 0 Å². The highest BCUT2D eigenvalue weighted by molar-refractivity contribution is 5.87. The molecular formula is C24H41N3O5. The molecule has 3 rings (SSSR count). The van der Waals surface area contributed by atoms with Crippen molar-refractivity contribution in [1.82, 2.24) is 0 Å². The van der Waals surface area contributed by atoms with Gasteiger partial charge in [0, 0.05) is 7.79 Å². The summed E-state index contributed by atoms with van der Waals surface area (Å²) in [5.74, 6) is -1.72. The molecule has 8 heteroatoms. The van der Waals surface area contributed by atoms with Gasteiger partial charge < -0.3 is 14.6 Å². The van der Waals surface area contributed by atoms with Gasteiger partial charge in [-0.05, 0) is 32.6 Å². The number of aldehydes is 1. The molecule has 0 bridgehead atoms. The molecule has 0 aromatic heterocycles. The van der Waals surface area contributed by atoms with E-state index in [1.54, 1.807) is 13.8 Å². The molecule has 1 heterocycles. The second-order valence-electron chi connectivity index (χ2n) is 7.95. The van der Waals surface area contributed by atoms with Crippen molar-refractivity contribution in [3.63, 3.8) is 0 Å². The van der Waals surface area contributed by atoms with Crippen molar-refractivity contribution in [2.75, 3.05) is 0 Å². The van der Waals surface area contributed by atoms with Crippen molar-refractivity contribution in [2.24, 2.45) is 20.9 Å². The van der Waals surface area contributed by atoms with Crippen molar-refractivity contribution in [1.29, 1.82) is 0 Å². The number of cyclic esters (lactones) is 1. The minimum absolute atomic E-state index is 0.106. The molecule has 8 nitrogen and oxygen atoms in total. The van der Waals surface area contributed by atoms with Crippen LogP contribution < -0.4 is 0 Å². The van der Waals surface area contributed by atoms with Gasteiger partial charge in [0.15, 0.2) is 6.40 Å². The molecule has 2 aliphatic carbocycles. The fraction of sp³-hybridized carbons (Fsp3) is 0.792. The maximum Gasteiger partial charge on any atom is 0.336 e. The summed E-state index contributed by atoms with van der Waals surface area (Å²) in [5, 5.41) is 8.15. The van der Waals surface area contributed by atoms with Crippen molar-refractivity contribution < 1.29 is 25.6 Å². The Balaban J connectivity index is 0.000000482. The summed E-state index contributed by atoms with van der Waals surface area (Å²) in [7, 11) is 0. The van der Waals surface area contributed by atoms with Crippen LogP contribution in [0.3, 0.4) is 0 Å². The Morgan fingerprint density at radius 2 is 1.69 bits per heavy atom. The number of rotatable bonds is 5. The monoisotopic (exact) mass is 452 g/mol. The highest BCUT2D eigenvalue weighted by Gasteiger charge is 2.16. The Morgan fingerprint density at radius 1 is 1.22 bits per heavy atom. The fourth-order valence-electron chi connectivity index (χ4n) is 3.20. The summed E-state index contributed by atoms with van der Waals surface area (Å²) < 4.78 is 10.5. The Morgan fingerprint density at radius 3 is 1.94 bits per heavy atom. The number of carboxylic acids is 1. The number of esters is 1. The van der Waals surface area contributed by atoms with Crippen molar-refractivity contribution in [2.45, 2.75) is 116 Å². The standard InChI is InChI=1S/C13H22N2.C5H8O3.C4H5NO2.C2H6/c1-3-7-12(8-4-1)14-11-15-13-9-5-2-6-10-13;1-4(2-3-6)5(7)8;1-3-4(6)7-2-5-3;1-2/h12-13H,1-10H2;3-4H,2H2,1H3,(H,7,8);2-3H,1H3;1-2H3/i;;;1D. The van der Waals surface area contributed by atoms with Gasteiger partial charge in [-0.25, -0.2) is 19.8 Å². The molecule has 2 unspecified atom stereocenters. The van der Waals surface area contributed by atoms with Gasteiger partial charge in [0.05, 0.1) is 24.0 Å². The number of carbonyl (C=O) groups excluding carboxylic acids is 2. The van der Waals surface area contributed by atoms with Gasteiger partial charge in [-0.2, -0.15) is 0 Å². The molecule has 0 aromatic carbocycles. The lowest BCUT2D eigenvalue weighted by molar-refractivity contribution is -0.142. The van der Waals surface area contributed by atoms with Crippen LogP contribution in [0, 0.1) is 5.92 Å². The second kappa shape index (κ2) is 19.4. The van der Waals surface area contributed by atoms with Crippen LogP contribution in [0.2, 0.25) is 0 Å². The Bertz CT molecular complexity index is 616. The average molecular weight is 453 g/mol. The fourth-order valence-corrected chi connectivity index (χ4v) is 3.20.